The molecular formula is C13H29N5S2. The van der Waals surface area contributed by atoms with Crippen molar-refractivity contribution in [3.63, 3.8) is 0 Å². The van der Waals surface area contributed by atoms with Crippen LogP contribution in [0, 0.1) is 0 Å². The van der Waals surface area contributed by atoms with Crippen LogP contribution in [0.3, 0.4) is 0 Å². The fourth-order valence-electron chi connectivity index (χ4n) is 2.03. The Hall–Kier alpha value is 0.0500. The van der Waals surface area contributed by atoms with Crippen molar-refractivity contribution >= 4 is 26.8 Å². The molecule has 0 aromatic heterocycles. The van der Waals surface area contributed by atoms with Crippen LogP contribution >= 0.6 is 21.6 Å². The monoisotopic (exact) mass is 319 g/mol. The van der Waals surface area contributed by atoms with Gasteiger partial charge in [-0.05, 0) is 47.6 Å². The maximum Gasteiger partial charge on any atom is 0.175 e. The molecule has 1 unspecified atom stereocenters. The van der Waals surface area contributed by atoms with Crippen LogP contribution in [-0.4, -0.2) is 84.9 Å². The Kier molecular flexibility index (Phi) is 8.28. The Balaban J connectivity index is 2.49. The van der Waals surface area contributed by atoms with E-state index in [0.717, 1.165) is 31.3 Å². The van der Waals surface area contributed by atoms with Gasteiger partial charge in [0.2, 0.25) is 0 Å². The van der Waals surface area contributed by atoms with Crippen molar-refractivity contribution < 1.29 is 0 Å². The lowest BCUT2D eigenvalue weighted by Crippen LogP contribution is -2.43. The molecule has 0 saturated heterocycles. The van der Waals surface area contributed by atoms with E-state index < -0.39 is 0 Å². The van der Waals surface area contributed by atoms with Crippen molar-refractivity contribution in [1.82, 2.24) is 19.8 Å². The van der Waals surface area contributed by atoms with Crippen LogP contribution in [0.5, 0.6) is 0 Å². The van der Waals surface area contributed by atoms with E-state index in [4.69, 9.17) is 4.99 Å². The average molecular weight is 320 g/mol. The number of aliphatic imine (C=N–C) groups is 1. The van der Waals surface area contributed by atoms with Gasteiger partial charge in [0.15, 0.2) is 10.7 Å². The maximum atomic E-state index is 4.79. The lowest BCUT2D eigenvalue weighted by atomic mass is 10.3. The van der Waals surface area contributed by atoms with Gasteiger partial charge in [-0.2, -0.15) is 0 Å². The number of hydrazine groups is 1. The van der Waals surface area contributed by atoms with Gasteiger partial charge in [0.05, 0.1) is 0 Å². The average Bonchev–Trinajstić information content (AvgIpc) is 2.88. The van der Waals surface area contributed by atoms with Gasteiger partial charge < -0.3 is 9.80 Å². The van der Waals surface area contributed by atoms with Crippen molar-refractivity contribution in [2.24, 2.45) is 4.99 Å². The summed E-state index contributed by atoms with van der Waals surface area (Å²) in [6.07, 6.45) is 1.18. The first kappa shape index (κ1) is 18.1. The molecule has 1 heterocycles. The highest BCUT2D eigenvalue weighted by Crippen LogP contribution is 2.38. The molecule has 0 N–H and O–H groups in total. The standard InChI is InChI=1S/C13H29N5S2/c1-7-17(8-2)10-9-11-18(16(5)6)13-14-12(15(3)4)19-20-13/h13H,7-11H2,1-6H3. The summed E-state index contributed by atoms with van der Waals surface area (Å²) in [5.74, 6) is 0. The zero-order chi connectivity index (χ0) is 15.1. The quantitative estimate of drug-likeness (QED) is 0.502. The molecule has 0 amide bonds. The molecule has 5 nitrogen and oxygen atoms in total. The Morgan fingerprint density at radius 2 is 1.70 bits per heavy atom. The molecule has 0 saturated carbocycles. The predicted molar refractivity (Wildman–Crippen MR) is 92.9 cm³/mol. The van der Waals surface area contributed by atoms with Crippen molar-refractivity contribution in [2.75, 3.05) is 54.4 Å². The number of nitrogens with zero attached hydrogens (tertiary/aromatic N) is 5. The minimum Gasteiger partial charge on any atom is -0.357 e. The Morgan fingerprint density at radius 1 is 1.05 bits per heavy atom. The fourth-order valence-corrected chi connectivity index (χ4v) is 4.62. The van der Waals surface area contributed by atoms with Crippen LogP contribution in [0.15, 0.2) is 4.99 Å². The molecule has 1 aliphatic heterocycles. The molecule has 0 fully saturated rings. The normalized spacial score (nSPS) is 19.2. The Labute approximate surface area is 132 Å². The third-order valence-electron chi connectivity index (χ3n) is 3.34. The first-order chi connectivity index (χ1) is 9.49. The van der Waals surface area contributed by atoms with Crippen molar-refractivity contribution in [3.05, 3.63) is 0 Å². The third kappa shape index (κ3) is 5.44. The molecule has 1 rings (SSSR count). The number of hydrogen-bond donors (Lipinski definition) is 0. The Morgan fingerprint density at radius 3 is 2.15 bits per heavy atom. The van der Waals surface area contributed by atoms with Crippen LogP contribution in [0.2, 0.25) is 0 Å². The van der Waals surface area contributed by atoms with Gasteiger partial charge in [-0.15, -0.1) is 0 Å². The smallest absolute Gasteiger partial charge is 0.175 e. The highest BCUT2D eigenvalue weighted by atomic mass is 33.1. The summed E-state index contributed by atoms with van der Waals surface area (Å²) in [6, 6.07) is 0. The summed E-state index contributed by atoms with van der Waals surface area (Å²) in [5.41, 5.74) is 0.198. The summed E-state index contributed by atoms with van der Waals surface area (Å²) in [5, 5.41) is 5.62. The lowest BCUT2D eigenvalue weighted by Gasteiger charge is -2.32. The summed E-state index contributed by atoms with van der Waals surface area (Å²) in [4.78, 5) is 9.34. The van der Waals surface area contributed by atoms with Gasteiger partial charge in [-0.25, -0.2) is 15.0 Å². The summed E-state index contributed by atoms with van der Waals surface area (Å²) < 4.78 is 0. The molecule has 0 aliphatic carbocycles. The van der Waals surface area contributed by atoms with Crippen LogP contribution in [0.1, 0.15) is 20.3 Å². The first-order valence-electron chi connectivity index (χ1n) is 7.24. The molecule has 0 spiro atoms. The Bertz CT molecular complexity index is 305. The van der Waals surface area contributed by atoms with Crippen molar-refractivity contribution in [2.45, 2.75) is 25.8 Å². The molecule has 7 heteroatoms. The molecule has 0 aromatic carbocycles. The molecule has 0 bridgehead atoms. The SMILES string of the molecule is CCN(CC)CCCN(C1N=C(N(C)C)SS1)N(C)C. The fraction of sp³-hybridized carbons (Fsp3) is 0.923. The summed E-state index contributed by atoms with van der Waals surface area (Å²) in [7, 11) is 11.9. The van der Waals surface area contributed by atoms with Gasteiger partial charge in [0, 0.05) is 34.7 Å². The predicted octanol–water partition coefficient (Wildman–Crippen LogP) is 2.09. The maximum absolute atomic E-state index is 4.79. The van der Waals surface area contributed by atoms with Crippen LogP contribution < -0.4 is 0 Å². The first-order valence-corrected chi connectivity index (χ1v) is 9.45. The van der Waals surface area contributed by atoms with E-state index in [-0.39, 0.29) is 5.50 Å². The van der Waals surface area contributed by atoms with E-state index in [1.165, 1.54) is 6.42 Å². The highest BCUT2D eigenvalue weighted by molar-refractivity contribution is 8.82. The second kappa shape index (κ2) is 9.15. The second-order valence-corrected chi connectivity index (χ2v) is 7.43. The van der Waals surface area contributed by atoms with Gasteiger partial charge in [0.1, 0.15) is 0 Å². The number of hydrogen-bond acceptors (Lipinski definition) is 7. The van der Waals surface area contributed by atoms with Gasteiger partial charge >= 0.3 is 0 Å². The van der Waals surface area contributed by atoms with Gasteiger partial charge in [-0.1, -0.05) is 13.8 Å². The minimum absolute atomic E-state index is 0.198. The zero-order valence-electron chi connectivity index (χ0n) is 13.7. The number of rotatable bonds is 8. The summed E-state index contributed by atoms with van der Waals surface area (Å²) >= 11 is 0. The zero-order valence-corrected chi connectivity index (χ0v) is 15.3. The van der Waals surface area contributed by atoms with Crippen molar-refractivity contribution in [3.8, 4) is 0 Å². The minimum atomic E-state index is 0.198. The molecule has 1 aliphatic rings. The summed E-state index contributed by atoms with van der Waals surface area (Å²) in [6.45, 7) is 8.93. The van der Waals surface area contributed by atoms with E-state index >= 15 is 0 Å². The van der Waals surface area contributed by atoms with Crippen molar-refractivity contribution in [1.29, 1.82) is 0 Å². The van der Waals surface area contributed by atoms with Gasteiger partial charge in [-0.3, -0.25) is 0 Å². The molecule has 0 radical (unpaired) electrons. The molecular weight excluding hydrogens is 290 g/mol. The van der Waals surface area contributed by atoms with E-state index in [0.29, 0.717) is 0 Å². The van der Waals surface area contributed by atoms with Crippen LogP contribution in [-0.2, 0) is 0 Å². The molecule has 1 atom stereocenters. The molecule has 118 valence electrons. The molecule has 20 heavy (non-hydrogen) atoms. The van der Waals surface area contributed by atoms with Gasteiger partial charge in [0.25, 0.3) is 0 Å². The topological polar surface area (TPSA) is 25.3 Å². The van der Waals surface area contributed by atoms with Crippen LogP contribution in [0.4, 0.5) is 0 Å². The second-order valence-electron chi connectivity index (χ2n) is 5.20. The van der Waals surface area contributed by atoms with E-state index in [2.05, 4.69) is 61.9 Å². The largest absolute Gasteiger partial charge is 0.357 e. The van der Waals surface area contributed by atoms with E-state index in [1.807, 2.05) is 10.8 Å². The third-order valence-corrected chi connectivity index (χ3v) is 5.83. The number of amidine groups is 1. The van der Waals surface area contributed by atoms with Crippen LogP contribution in [0.25, 0.3) is 0 Å². The molecule has 0 aromatic rings. The lowest BCUT2D eigenvalue weighted by molar-refractivity contribution is 0.0130. The highest BCUT2D eigenvalue weighted by Gasteiger charge is 2.27. The van der Waals surface area contributed by atoms with E-state index in [9.17, 15) is 0 Å². The van der Waals surface area contributed by atoms with E-state index in [1.54, 1.807) is 10.8 Å².